The standard InChI is InChI=1S/C21H24N2O5/c1-4-27-19(25)22-16-12-21(3,23(22)20(26)28-5-2)17-15(16)11-14(18(17)24)13-9-7-6-8-10-13/h6-11,15-17H,4-5,12H2,1-3H3/t15-,16+,17+,21-/m1/s1. The third kappa shape index (κ3) is 2.45. The Morgan fingerprint density at radius 1 is 1.11 bits per heavy atom. The lowest BCUT2D eigenvalue weighted by Gasteiger charge is -2.45. The number of ether oxygens (including phenoxy) is 2. The van der Waals surface area contributed by atoms with Gasteiger partial charge in [-0.2, -0.15) is 0 Å². The maximum Gasteiger partial charge on any atom is 0.429 e. The first-order chi connectivity index (χ1) is 13.4. The van der Waals surface area contributed by atoms with Crippen LogP contribution >= 0.6 is 0 Å². The van der Waals surface area contributed by atoms with Crippen molar-refractivity contribution >= 4 is 23.5 Å². The number of amides is 2. The Hall–Kier alpha value is -2.83. The van der Waals surface area contributed by atoms with Crippen molar-refractivity contribution in [1.82, 2.24) is 10.0 Å². The predicted octanol–water partition coefficient (Wildman–Crippen LogP) is 3.26. The number of fused-ring (bicyclic) bond motifs is 5. The zero-order valence-electron chi connectivity index (χ0n) is 16.3. The monoisotopic (exact) mass is 384 g/mol. The maximum absolute atomic E-state index is 13.3. The van der Waals surface area contributed by atoms with E-state index in [1.54, 1.807) is 13.8 Å². The molecule has 7 nitrogen and oxygen atoms in total. The van der Waals surface area contributed by atoms with Gasteiger partial charge >= 0.3 is 12.2 Å². The summed E-state index contributed by atoms with van der Waals surface area (Å²) in [5, 5.41) is 2.68. The van der Waals surface area contributed by atoms with Crippen molar-refractivity contribution in [3.8, 4) is 0 Å². The summed E-state index contributed by atoms with van der Waals surface area (Å²) < 4.78 is 10.4. The van der Waals surface area contributed by atoms with Crippen LogP contribution in [0.4, 0.5) is 9.59 Å². The number of carbonyl (C=O) groups excluding carboxylic acids is 3. The second kappa shape index (κ2) is 6.65. The van der Waals surface area contributed by atoms with Gasteiger partial charge in [-0.3, -0.25) is 4.79 Å². The van der Waals surface area contributed by atoms with Crippen LogP contribution in [0.5, 0.6) is 0 Å². The molecule has 0 spiro atoms. The van der Waals surface area contributed by atoms with Crippen molar-refractivity contribution in [3.05, 3.63) is 42.0 Å². The van der Waals surface area contributed by atoms with Gasteiger partial charge in [0.05, 0.1) is 30.7 Å². The van der Waals surface area contributed by atoms with Gasteiger partial charge in [0.2, 0.25) is 0 Å². The number of hydrogen-bond donors (Lipinski definition) is 0. The van der Waals surface area contributed by atoms with Crippen molar-refractivity contribution in [2.24, 2.45) is 11.8 Å². The van der Waals surface area contributed by atoms with E-state index in [-0.39, 0.29) is 31.0 Å². The number of nitrogens with zero attached hydrogens (tertiary/aromatic N) is 2. The third-order valence-electron chi connectivity index (χ3n) is 6.02. The summed E-state index contributed by atoms with van der Waals surface area (Å²) in [6.07, 6.45) is 1.27. The summed E-state index contributed by atoms with van der Waals surface area (Å²) in [5.41, 5.74) is 0.676. The highest BCUT2D eigenvalue weighted by Gasteiger charge is 2.70. The van der Waals surface area contributed by atoms with Gasteiger partial charge in [-0.05, 0) is 32.8 Å². The van der Waals surface area contributed by atoms with Crippen LogP contribution in [-0.2, 0) is 14.3 Å². The molecule has 1 aliphatic heterocycles. The number of rotatable bonds is 3. The highest BCUT2D eigenvalue weighted by atomic mass is 16.6. The van der Waals surface area contributed by atoms with Gasteiger partial charge in [0.25, 0.3) is 0 Å². The molecule has 148 valence electrons. The summed E-state index contributed by atoms with van der Waals surface area (Å²) in [5.74, 6) is -0.537. The molecule has 0 aromatic heterocycles. The molecule has 4 rings (SSSR count). The fourth-order valence-corrected chi connectivity index (χ4v) is 5.04. The van der Waals surface area contributed by atoms with Crippen LogP contribution in [0.2, 0.25) is 0 Å². The molecule has 0 unspecified atom stereocenters. The van der Waals surface area contributed by atoms with Gasteiger partial charge < -0.3 is 9.47 Å². The minimum atomic E-state index is -0.835. The van der Waals surface area contributed by atoms with Crippen molar-refractivity contribution in [1.29, 1.82) is 0 Å². The van der Waals surface area contributed by atoms with Crippen LogP contribution in [0.3, 0.4) is 0 Å². The zero-order chi connectivity index (χ0) is 20.1. The number of carbonyl (C=O) groups is 3. The second-order valence-corrected chi connectivity index (χ2v) is 7.55. The Balaban J connectivity index is 1.75. The zero-order valence-corrected chi connectivity index (χ0v) is 16.3. The molecular formula is C21H24N2O5. The molecule has 28 heavy (non-hydrogen) atoms. The number of Topliss-reactive ketones (excluding diaryl/α,β-unsaturated/α-hetero) is 1. The lowest BCUT2D eigenvalue weighted by molar-refractivity contribution is -0.132. The fourth-order valence-electron chi connectivity index (χ4n) is 5.04. The van der Waals surface area contributed by atoms with E-state index in [0.29, 0.717) is 12.0 Å². The molecule has 3 aliphatic rings. The van der Waals surface area contributed by atoms with E-state index < -0.39 is 23.6 Å². The Morgan fingerprint density at radius 3 is 2.39 bits per heavy atom. The lowest BCUT2D eigenvalue weighted by atomic mass is 9.82. The van der Waals surface area contributed by atoms with Gasteiger partial charge in [-0.25, -0.2) is 19.6 Å². The average Bonchev–Trinajstić information content (AvgIpc) is 3.28. The molecule has 1 heterocycles. The SMILES string of the molecule is CCOC(=O)N1[C@H]2C[C@](C)([C@@H]3C(=O)C(c4ccccc4)=C[C@@H]32)N1C(=O)OCC. The fraction of sp³-hybridized carbons (Fsp3) is 0.476. The maximum atomic E-state index is 13.3. The molecule has 1 aromatic carbocycles. The number of ketones is 1. The summed E-state index contributed by atoms with van der Waals surface area (Å²) in [7, 11) is 0. The van der Waals surface area contributed by atoms with E-state index in [0.717, 1.165) is 5.56 Å². The first-order valence-corrected chi connectivity index (χ1v) is 9.68. The minimum absolute atomic E-state index is 0.0130. The first kappa shape index (κ1) is 18.5. The lowest BCUT2D eigenvalue weighted by Crippen LogP contribution is -2.63. The summed E-state index contributed by atoms with van der Waals surface area (Å²) in [6, 6.07) is 9.18. The molecule has 0 radical (unpaired) electrons. The van der Waals surface area contributed by atoms with E-state index >= 15 is 0 Å². The molecule has 2 aliphatic carbocycles. The average molecular weight is 384 g/mol. The molecular weight excluding hydrogens is 360 g/mol. The van der Waals surface area contributed by atoms with Crippen LogP contribution < -0.4 is 0 Å². The van der Waals surface area contributed by atoms with Gasteiger partial charge in [0.1, 0.15) is 0 Å². The van der Waals surface area contributed by atoms with Crippen LogP contribution in [0.1, 0.15) is 32.8 Å². The number of allylic oxidation sites excluding steroid dienone is 1. The van der Waals surface area contributed by atoms with Crippen molar-refractivity contribution < 1.29 is 23.9 Å². The van der Waals surface area contributed by atoms with Crippen molar-refractivity contribution in [2.75, 3.05) is 13.2 Å². The molecule has 1 aromatic rings. The van der Waals surface area contributed by atoms with E-state index in [9.17, 15) is 14.4 Å². The van der Waals surface area contributed by atoms with Gasteiger partial charge in [0.15, 0.2) is 5.78 Å². The molecule has 1 saturated carbocycles. The van der Waals surface area contributed by atoms with Gasteiger partial charge in [-0.15, -0.1) is 0 Å². The largest absolute Gasteiger partial charge is 0.448 e. The second-order valence-electron chi connectivity index (χ2n) is 7.55. The molecule has 0 N–H and O–H groups in total. The Labute approximate surface area is 163 Å². The smallest absolute Gasteiger partial charge is 0.429 e. The van der Waals surface area contributed by atoms with E-state index in [1.165, 1.54) is 10.0 Å². The summed E-state index contributed by atoms with van der Waals surface area (Å²) in [4.78, 5) is 38.7. The van der Waals surface area contributed by atoms with E-state index in [2.05, 4.69) is 0 Å². The highest BCUT2D eigenvalue weighted by molar-refractivity contribution is 6.25. The van der Waals surface area contributed by atoms with E-state index in [4.69, 9.17) is 9.47 Å². The van der Waals surface area contributed by atoms with Crippen LogP contribution in [-0.4, -0.2) is 52.8 Å². The van der Waals surface area contributed by atoms with Crippen molar-refractivity contribution in [2.45, 2.75) is 38.8 Å². The van der Waals surface area contributed by atoms with Crippen LogP contribution in [0, 0.1) is 11.8 Å². The minimum Gasteiger partial charge on any atom is -0.448 e. The normalized spacial score (nSPS) is 30.3. The number of hydrogen-bond acceptors (Lipinski definition) is 5. The Bertz CT molecular complexity index is 852. The third-order valence-corrected chi connectivity index (χ3v) is 6.02. The Kier molecular flexibility index (Phi) is 4.40. The predicted molar refractivity (Wildman–Crippen MR) is 101 cm³/mol. The Morgan fingerprint density at radius 2 is 1.75 bits per heavy atom. The summed E-state index contributed by atoms with van der Waals surface area (Å²) in [6.45, 7) is 5.68. The molecule has 2 bridgehead atoms. The van der Waals surface area contributed by atoms with E-state index in [1.807, 2.05) is 43.3 Å². The molecule has 2 amide bonds. The van der Waals surface area contributed by atoms with Gasteiger partial charge in [-0.1, -0.05) is 36.4 Å². The number of benzene rings is 1. The van der Waals surface area contributed by atoms with Crippen LogP contribution in [0.25, 0.3) is 5.57 Å². The highest BCUT2D eigenvalue weighted by Crippen LogP contribution is 2.58. The quantitative estimate of drug-likeness (QED) is 0.799. The summed E-state index contributed by atoms with van der Waals surface area (Å²) >= 11 is 0. The van der Waals surface area contributed by atoms with Gasteiger partial charge in [0, 0.05) is 11.5 Å². The molecule has 7 heteroatoms. The van der Waals surface area contributed by atoms with Crippen LogP contribution in [0.15, 0.2) is 36.4 Å². The number of hydrazine groups is 1. The topological polar surface area (TPSA) is 76.2 Å². The van der Waals surface area contributed by atoms with Crippen molar-refractivity contribution in [3.63, 3.8) is 0 Å². The molecule has 1 saturated heterocycles. The first-order valence-electron chi connectivity index (χ1n) is 9.68. The molecule has 4 atom stereocenters. The molecule has 2 fully saturated rings.